The van der Waals surface area contributed by atoms with Gasteiger partial charge >= 0.3 is 0 Å². The molecule has 0 spiro atoms. The molecule has 6 nitrogen and oxygen atoms in total. The number of anilines is 1. The fraction of sp³-hybridized carbons (Fsp3) is 0.562. The average molecular weight is 304 g/mol. The Morgan fingerprint density at radius 2 is 2.00 bits per heavy atom. The summed E-state index contributed by atoms with van der Waals surface area (Å²) in [5, 5.41) is 22.0. The van der Waals surface area contributed by atoms with E-state index in [1.54, 1.807) is 12.1 Å². The van der Waals surface area contributed by atoms with Crippen molar-refractivity contribution in [2.75, 3.05) is 18.1 Å². The number of nitrogens with zero attached hydrogens (tertiary/aromatic N) is 3. The van der Waals surface area contributed by atoms with Crippen LogP contribution in [0.25, 0.3) is 0 Å². The summed E-state index contributed by atoms with van der Waals surface area (Å²) in [4.78, 5) is 11.0. The fourth-order valence-corrected chi connectivity index (χ4v) is 2.05. The van der Waals surface area contributed by atoms with E-state index in [-0.39, 0.29) is 17.0 Å². The van der Waals surface area contributed by atoms with Crippen LogP contribution in [0, 0.1) is 33.3 Å². The molecule has 0 bridgehead atoms. The maximum atomic E-state index is 11.4. The predicted octanol–water partition coefficient (Wildman–Crippen LogP) is 3.28. The van der Waals surface area contributed by atoms with Gasteiger partial charge in [0.25, 0.3) is 5.69 Å². The van der Waals surface area contributed by atoms with E-state index in [1.165, 1.54) is 6.07 Å². The second-order valence-corrected chi connectivity index (χ2v) is 6.18. The lowest BCUT2D eigenvalue weighted by atomic mass is 10.1. The van der Waals surface area contributed by atoms with Gasteiger partial charge in [0.2, 0.25) is 0 Å². The standard InChI is InChI=1S/C16H24N4O2/c1-12(2)10-18-19(11-13(3)4)15-6-5-14(7-8-17)9-16(15)20(21)22/h5-6,9,12-13,18H,7,10-11H2,1-4H3. The summed E-state index contributed by atoms with van der Waals surface area (Å²) < 4.78 is 0. The summed E-state index contributed by atoms with van der Waals surface area (Å²) in [6, 6.07) is 7.00. The van der Waals surface area contributed by atoms with Gasteiger partial charge in [0.05, 0.1) is 17.4 Å². The normalized spacial score (nSPS) is 10.8. The Labute approximate surface area is 131 Å². The molecule has 0 atom stereocenters. The molecule has 120 valence electrons. The molecule has 0 aliphatic rings. The Morgan fingerprint density at radius 1 is 1.32 bits per heavy atom. The predicted molar refractivity (Wildman–Crippen MR) is 87.4 cm³/mol. The molecule has 0 aromatic heterocycles. The highest BCUT2D eigenvalue weighted by atomic mass is 16.6. The van der Waals surface area contributed by atoms with Crippen molar-refractivity contribution in [2.24, 2.45) is 11.8 Å². The number of nitrogens with one attached hydrogen (secondary N) is 1. The number of nitro benzene ring substituents is 1. The van der Waals surface area contributed by atoms with Crippen LogP contribution >= 0.6 is 0 Å². The second-order valence-electron chi connectivity index (χ2n) is 6.18. The molecular weight excluding hydrogens is 280 g/mol. The molecule has 0 fully saturated rings. The Hall–Kier alpha value is -2.13. The molecule has 0 saturated heterocycles. The number of hydrogen-bond acceptors (Lipinski definition) is 5. The number of hydrogen-bond donors (Lipinski definition) is 1. The largest absolute Gasteiger partial charge is 0.302 e. The first-order valence-electron chi connectivity index (χ1n) is 7.50. The van der Waals surface area contributed by atoms with Gasteiger partial charge < -0.3 is 5.01 Å². The lowest BCUT2D eigenvalue weighted by Gasteiger charge is -2.28. The summed E-state index contributed by atoms with van der Waals surface area (Å²) >= 11 is 0. The van der Waals surface area contributed by atoms with Gasteiger partial charge in [0.15, 0.2) is 0 Å². The first-order chi connectivity index (χ1) is 10.3. The highest BCUT2D eigenvalue weighted by molar-refractivity contribution is 5.64. The van der Waals surface area contributed by atoms with Crippen LogP contribution in [-0.4, -0.2) is 18.0 Å². The van der Waals surface area contributed by atoms with Crippen molar-refractivity contribution in [1.82, 2.24) is 5.43 Å². The van der Waals surface area contributed by atoms with Gasteiger partial charge in [-0.1, -0.05) is 33.8 Å². The van der Waals surface area contributed by atoms with Crippen LogP contribution in [0.1, 0.15) is 33.3 Å². The zero-order valence-electron chi connectivity index (χ0n) is 13.7. The van der Waals surface area contributed by atoms with Crippen LogP contribution in [0.2, 0.25) is 0 Å². The summed E-state index contributed by atoms with van der Waals surface area (Å²) in [5.74, 6) is 0.796. The zero-order chi connectivity index (χ0) is 16.7. The summed E-state index contributed by atoms with van der Waals surface area (Å²) in [7, 11) is 0. The summed E-state index contributed by atoms with van der Waals surface area (Å²) in [6.45, 7) is 9.73. The van der Waals surface area contributed by atoms with E-state index in [9.17, 15) is 10.1 Å². The van der Waals surface area contributed by atoms with Crippen LogP contribution in [0.4, 0.5) is 11.4 Å². The van der Waals surface area contributed by atoms with Crippen molar-refractivity contribution in [2.45, 2.75) is 34.1 Å². The monoisotopic (exact) mass is 304 g/mol. The van der Waals surface area contributed by atoms with Crippen molar-refractivity contribution in [1.29, 1.82) is 5.26 Å². The zero-order valence-corrected chi connectivity index (χ0v) is 13.7. The molecule has 0 unspecified atom stereocenters. The van der Waals surface area contributed by atoms with Crippen LogP contribution in [0.3, 0.4) is 0 Å². The highest BCUT2D eigenvalue weighted by Crippen LogP contribution is 2.29. The number of nitriles is 1. The molecule has 1 rings (SSSR count). The topological polar surface area (TPSA) is 82.2 Å². The van der Waals surface area contributed by atoms with Gasteiger partial charge in [-0.3, -0.25) is 10.1 Å². The Kier molecular flexibility index (Phi) is 6.80. The molecule has 0 aliphatic heterocycles. The summed E-state index contributed by atoms with van der Waals surface area (Å²) in [6.07, 6.45) is 0.171. The molecule has 6 heteroatoms. The molecule has 22 heavy (non-hydrogen) atoms. The van der Waals surface area contributed by atoms with E-state index < -0.39 is 0 Å². The van der Waals surface area contributed by atoms with E-state index in [0.717, 1.165) is 6.54 Å². The molecule has 0 saturated carbocycles. The molecule has 0 amide bonds. The molecule has 0 heterocycles. The second kappa shape index (κ2) is 8.35. The van der Waals surface area contributed by atoms with Crippen molar-refractivity contribution >= 4 is 11.4 Å². The van der Waals surface area contributed by atoms with Gasteiger partial charge in [-0.2, -0.15) is 5.26 Å². The number of benzene rings is 1. The van der Waals surface area contributed by atoms with Crippen LogP contribution < -0.4 is 10.4 Å². The molecule has 0 aliphatic carbocycles. The van der Waals surface area contributed by atoms with Crippen LogP contribution in [0.15, 0.2) is 18.2 Å². The van der Waals surface area contributed by atoms with Crippen molar-refractivity contribution < 1.29 is 4.92 Å². The van der Waals surface area contributed by atoms with E-state index in [1.807, 2.05) is 11.1 Å². The third-order valence-corrected chi connectivity index (χ3v) is 3.05. The first kappa shape index (κ1) is 17.9. The number of hydrazine groups is 1. The number of rotatable bonds is 8. The minimum atomic E-state index is -0.388. The quantitative estimate of drug-likeness (QED) is 0.588. The van der Waals surface area contributed by atoms with E-state index in [4.69, 9.17) is 5.26 Å². The smallest absolute Gasteiger partial charge is 0.294 e. The van der Waals surface area contributed by atoms with Gasteiger partial charge in [-0.25, -0.2) is 5.43 Å². The minimum absolute atomic E-state index is 0.0321. The van der Waals surface area contributed by atoms with Gasteiger partial charge in [0, 0.05) is 19.2 Å². The molecule has 0 radical (unpaired) electrons. The van der Waals surface area contributed by atoms with Gasteiger partial charge in [-0.15, -0.1) is 0 Å². The minimum Gasteiger partial charge on any atom is -0.302 e. The fourth-order valence-electron chi connectivity index (χ4n) is 2.05. The van der Waals surface area contributed by atoms with Crippen molar-refractivity contribution in [3.05, 3.63) is 33.9 Å². The molecule has 1 N–H and O–H groups in total. The Balaban J connectivity index is 3.15. The first-order valence-corrected chi connectivity index (χ1v) is 7.50. The third kappa shape index (κ3) is 5.34. The maximum Gasteiger partial charge on any atom is 0.294 e. The number of nitro groups is 1. The van der Waals surface area contributed by atoms with Gasteiger partial charge in [-0.05, 0) is 23.5 Å². The third-order valence-electron chi connectivity index (χ3n) is 3.05. The van der Waals surface area contributed by atoms with Gasteiger partial charge in [0.1, 0.15) is 5.69 Å². The van der Waals surface area contributed by atoms with E-state index in [2.05, 4.69) is 33.1 Å². The molecule has 1 aromatic rings. The van der Waals surface area contributed by atoms with E-state index in [0.29, 0.717) is 29.6 Å². The summed E-state index contributed by atoms with van der Waals surface area (Å²) in [5.41, 5.74) is 4.51. The lowest BCUT2D eigenvalue weighted by Crippen LogP contribution is -2.42. The molecule has 1 aromatic carbocycles. The van der Waals surface area contributed by atoms with Crippen molar-refractivity contribution in [3.63, 3.8) is 0 Å². The molecular formula is C16H24N4O2. The van der Waals surface area contributed by atoms with E-state index >= 15 is 0 Å². The van der Waals surface area contributed by atoms with Crippen LogP contribution in [0.5, 0.6) is 0 Å². The lowest BCUT2D eigenvalue weighted by molar-refractivity contribution is -0.384. The highest BCUT2D eigenvalue weighted by Gasteiger charge is 2.21. The Morgan fingerprint density at radius 3 is 2.50 bits per heavy atom. The average Bonchev–Trinajstić information content (AvgIpc) is 2.43. The van der Waals surface area contributed by atoms with Crippen molar-refractivity contribution in [3.8, 4) is 6.07 Å². The van der Waals surface area contributed by atoms with Crippen LogP contribution in [-0.2, 0) is 6.42 Å². The maximum absolute atomic E-state index is 11.4. The Bertz CT molecular complexity index is 550. The SMILES string of the molecule is CC(C)CNN(CC(C)C)c1ccc(CC#N)cc1[N+](=O)[O-].